The lowest BCUT2D eigenvalue weighted by molar-refractivity contribution is -0.148. The van der Waals surface area contributed by atoms with Crippen molar-refractivity contribution in [2.24, 2.45) is 0 Å². The summed E-state index contributed by atoms with van der Waals surface area (Å²) in [5.74, 6) is -1.40. The average molecular weight is 264 g/mol. The first-order valence-electron chi connectivity index (χ1n) is 6.10. The third-order valence-corrected chi connectivity index (χ3v) is 3.32. The summed E-state index contributed by atoms with van der Waals surface area (Å²) >= 11 is 0. The van der Waals surface area contributed by atoms with E-state index in [0.717, 1.165) is 5.56 Å². The second kappa shape index (κ2) is 5.36. The van der Waals surface area contributed by atoms with E-state index in [1.165, 1.54) is 4.90 Å². The molecule has 0 radical (unpaired) electrons. The average Bonchev–Trinajstić information content (AvgIpc) is 2.74. The number of β-amino-alcohol motifs (C(OH)–C–C–N with tert-alkyl or cyclic N) is 1. The first-order valence-corrected chi connectivity index (χ1v) is 6.10. The minimum Gasteiger partial charge on any atom is -0.480 e. The van der Waals surface area contributed by atoms with Crippen LogP contribution in [0.2, 0.25) is 0 Å². The molecule has 0 spiro atoms. The predicted octanol–water partition coefficient (Wildman–Crippen LogP) is -0.0211. The SMILES string of the molecule is Cc1cccnc1CC(=O)N1C[C@@H](O)C[C@H]1C(=O)O. The maximum atomic E-state index is 12.1. The Morgan fingerprint density at radius 1 is 1.53 bits per heavy atom. The quantitative estimate of drug-likeness (QED) is 0.800. The van der Waals surface area contributed by atoms with Gasteiger partial charge in [-0.1, -0.05) is 6.07 Å². The molecule has 1 aliphatic rings. The number of aryl methyl sites for hydroxylation is 1. The molecule has 0 saturated carbocycles. The summed E-state index contributed by atoms with van der Waals surface area (Å²) in [6, 6.07) is 2.69. The van der Waals surface area contributed by atoms with E-state index in [1.54, 1.807) is 12.3 Å². The van der Waals surface area contributed by atoms with Crippen molar-refractivity contribution in [2.45, 2.75) is 31.9 Å². The highest BCUT2D eigenvalue weighted by Crippen LogP contribution is 2.19. The summed E-state index contributed by atoms with van der Waals surface area (Å²) in [4.78, 5) is 28.5. The van der Waals surface area contributed by atoms with Crippen LogP contribution in [0.5, 0.6) is 0 Å². The van der Waals surface area contributed by atoms with Crippen molar-refractivity contribution < 1.29 is 19.8 Å². The monoisotopic (exact) mass is 264 g/mol. The van der Waals surface area contributed by atoms with E-state index in [2.05, 4.69) is 4.98 Å². The molecule has 2 heterocycles. The van der Waals surface area contributed by atoms with Crippen LogP contribution in [0, 0.1) is 6.92 Å². The number of hydrogen-bond acceptors (Lipinski definition) is 4. The van der Waals surface area contributed by atoms with Crippen molar-refractivity contribution in [3.8, 4) is 0 Å². The number of aliphatic hydroxyl groups is 1. The predicted molar refractivity (Wildman–Crippen MR) is 66.4 cm³/mol. The van der Waals surface area contributed by atoms with Gasteiger partial charge in [-0.3, -0.25) is 9.78 Å². The summed E-state index contributed by atoms with van der Waals surface area (Å²) in [7, 11) is 0. The lowest BCUT2D eigenvalue weighted by atomic mass is 10.1. The van der Waals surface area contributed by atoms with Gasteiger partial charge in [0.15, 0.2) is 0 Å². The standard InChI is InChI=1S/C13H16N2O4/c1-8-3-2-4-14-10(8)6-12(17)15-7-9(16)5-11(15)13(18)19/h2-4,9,11,16H,5-7H2,1H3,(H,18,19)/t9-,11-/m0/s1. The molecule has 1 saturated heterocycles. The van der Waals surface area contributed by atoms with E-state index >= 15 is 0 Å². The Balaban J connectivity index is 2.11. The van der Waals surface area contributed by atoms with Crippen molar-refractivity contribution in [1.82, 2.24) is 9.88 Å². The second-order valence-corrected chi connectivity index (χ2v) is 4.73. The van der Waals surface area contributed by atoms with Crippen LogP contribution >= 0.6 is 0 Å². The minimum atomic E-state index is -1.08. The summed E-state index contributed by atoms with van der Waals surface area (Å²) in [5, 5.41) is 18.6. The van der Waals surface area contributed by atoms with Crippen LogP contribution in [-0.2, 0) is 16.0 Å². The molecule has 6 heteroatoms. The van der Waals surface area contributed by atoms with Gasteiger partial charge in [-0.05, 0) is 18.6 Å². The highest BCUT2D eigenvalue weighted by atomic mass is 16.4. The highest BCUT2D eigenvalue weighted by molar-refractivity contribution is 5.85. The van der Waals surface area contributed by atoms with Crippen molar-refractivity contribution in [3.05, 3.63) is 29.6 Å². The van der Waals surface area contributed by atoms with Gasteiger partial charge >= 0.3 is 5.97 Å². The van der Waals surface area contributed by atoms with E-state index in [-0.39, 0.29) is 25.3 Å². The topological polar surface area (TPSA) is 90.7 Å². The summed E-state index contributed by atoms with van der Waals surface area (Å²) in [6.45, 7) is 1.92. The Morgan fingerprint density at radius 2 is 2.26 bits per heavy atom. The number of carbonyl (C=O) groups is 2. The maximum Gasteiger partial charge on any atom is 0.326 e. The third-order valence-electron chi connectivity index (χ3n) is 3.32. The number of carboxylic acid groups (broad SMARTS) is 1. The van der Waals surface area contributed by atoms with Crippen LogP contribution < -0.4 is 0 Å². The Hall–Kier alpha value is -1.95. The smallest absolute Gasteiger partial charge is 0.326 e. The number of nitrogens with zero attached hydrogens (tertiary/aromatic N) is 2. The van der Waals surface area contributed by atoms with Crippen molar-refractivity contribution in [1.29, 1.82) is 0 Å². The fourth-order valence-corrected chi connectivity index (χ4v) is 2.27. The first-order chi connectivity index (χ1) is 8.99. The molecular formula is C13H16N2O4. The summed E-state index contributed by atoms with van der Waals surface area (Å²) in [6.07, 6.45) is 0.976. The normalized spacial score (nSPS) is 22.5. The fraction of sp³-hybridized carbons (Fsp3) is 0.462. The Kier molecular flexibility index (Phi) is 3.80. The molecule has 2 rings (SSSR count). The Morgan fingerprint density at radius 3 is 2.89 bits per heavy atom. The van der Waals surface area contributed by atoms with Gasteiger partial charge in [-0.15, -0.1) is 0 Å². The van der Waals surface area contributed by atoms with E-state index in [4.69, 9.17) is 5.11 Å². The van der Waals surface area contributed by atoms with Gasteiger partial charge in [-0.2, -0.15) is 0 Å². The van der Waals surface area contributed by atoms with Gasteiger partial charge in [0.05, 0.1) is 18.2 Å². The van der Waals surface area contributed by atoms with Crippen LogP contribution in [0.4, 0.5) is 0 Å². The summed E-state index contributed by atoms with van der Waals surface area (Å²) in [5.41, 5.74) is 1.53. The molecule has 1 aromatic rings. The number of aliphatic hydroxyl groups excluding tert-OH is 1. The highest BCUT2D eigenvalue weighted by Gasteiger charge is 2.38. The number of rotatable bonds is 3. The number of carboxylic acids is 1. The molecular weight excluding hydrogens is 248 g/mol. The zero-order valence-corrected chi connectivity index (χ0v) is 10.6. The number of likely N-dealkylation sites (tertiary alicyclic amines) is 1. The zero-order chi connectivity index (χ0) is 14.0. The lowest BCUT2D eigenvalue weighted by Crippen LogP contribution is -2.41. The zero-order valence-electron chi connectivity index (χ0n) is 10.6. The fourth-order valence-electron chi connectivity index (χ4n) is 2.27. The molecule has 0 bridgehead atoms. The molecule has 2 N–H and O–H groups in total. The van der Waals surface area contributed by atoms with Crippen LogP contribution in [0.3, 0.4) is 0 Å². The molecule has 1 aliphatic heterocycles. The van der Waals surface area contributed by atoms with Crippen LogP contribution in [0.25, 0.3) is 0 Å². The van der Waals surface area contributed by atoms with Gasteiger partial charge in [-0.25, -0.2) is 4.79 Å². The summed E-state index contributed by atoms with van der Waals surface area (Å²) < 4.78 is 0. The largest absolute Gasteiger partial charge is 0.480 e. The molecule has 0 unspecified atom stereocenters. The molecule has 102 valence electrons. The van der Waals surface area contributed by atoms with Crippen LogP contribution in [0.1, 0.15) is 17.7 Å². The molecule has 1 aromatic heterocycles. The second-order valence-electron chi connectivity index (χ2n) is 4.73. The van der Waals surface area contributed by atoms with Gasteiger partial charge in [0.25, 0.3) is 0 Å². The molecule has 6 nitrogen and oxygen atoms in total. The maximum absolute atomic E-state index is 12.1. The number of hydrogen-bond donors (Lipinski definition) is 2. The molecule has 19 heavy (non-hydrogen) atoms. The van der Waals surface area contributed by atoms with Crippen molar-refractivity contribution >= 4 is 11.9 Å². The number of aliphatic carboxylic acids is 1. The van der Waals surface area contributed by atoms with E-state index in [9.17, 15) is 14.7 Å². The molecule has 1 fully saturated rings. The van der Waals surface area contributed by atoms with E-state index < -0.39 is 18.1 Å². The Bertz CT molecular complexity index is 503. The van der Waals surface area contributed by atoms with Gasteiger partial charge < -0.3 is 15.1 Å². The molecule has 1 amide bonds. The lowest BCUT2D eigenvalue weighted by Gasteiger charge is -2.21. The molecule has 0 aromatic carbocycles. The first kappa shape index (κ1) is 13.5. The minimum absolute atomic E-state index is 0.0587. The van der Waals surface area contributed by atoms with Gasteiger partial charge in [0.1, 0.15) is 6.04 Å². The number of carbonyl (C=O) groups excluding carboxylic acids is 1. The van der Waals surface area contributed by atoms with Crippen LogP contribution in [-0.4, -0.2) is 50.7 Å². The van der Waals surface area contributed by atoms with Gasteiger partial charge in [0.2, 0.25) is 5.91 Å². The van der Waals surface area contributed by atoms with Crippen molar-refractivity contribution in [2.75, 3.05) is 6.54 Å². The van der Waals surface area contributed by atoms with E-state index in [1.807, 2.05) is 13.0 Å². The Labute approximate surface area is 110 Å². The van der Waals surface area contributed by atoms with Gasteiger partial charge in [0, 0.05) is 19.2 Å². The number of pyridine rings is 1. The number of amides is 1. The van der Waals surface area contributed by atoms with E-state index in [0.29, 0.717) is 5.69 Å². The van der Waals surface area contributed by atoms with Crippen LogP contribution in [0.15, 0.2) is 18.3 Å². The molecule has 2 atom stereocenters. The van der Waals surface area contributed by atoms with Crippen molar-refractivity contribution in [3.63, 3.8) is 0 Å². The number of aromatic nitrogens is 1. The third kappa shape index (κ3) is 2.90. The molecule has 0 aliphatic carbocycles.